The first-order chi connectivity index (χ1) is 10.7. The van der Waals surface area contributed by atoms with Gasteiger partial charge in [0.1, 0.15) is 5.75 Å². The molecular formula is C19H17FO2. The van der Waals surface area contributed by atoms with Crippen molar-refractivity contribution in [2.75, 3.05) is 13.7 Å². The highest BCUT2D eigenvalue weighted by molar-refractivity contribution is 5.89. The number of rotatable bonds is 4. The van der Waals surface area contributed by atoms with Gasteiger partial charge in [-0.3, -0.25) is 0 Å². The molecule has 0 bridgehead atoms. The molecule has 3 aromatic rings. The molecule has 0 unspecified atom stereocenters. The second-order valence-electron chi connectivity index (χ2n) is 4.98. The van der Waals surface area contributed by atoms with Gasteiger partial charge in [0.2, 0.25) is 0 Å². The summed E-state index contributed by atoms with van der Waals surface area (Å²) < 4.78 is 24.7. The number of methoxy groups -OCH3 is 1. The summed E-state index contributed by atoms with van der Waals surface area (Å²) in [6.45, 7) is 2.61. The van der Waals surface area contributed by atoms with Crippen molar-refractivity contribution in [3.8, 4) is 22.6 Å². The van der Waals surface area contributed by atoms with Gasteiger partial charge in [0.15, 0.2) is 11.6 Å². The summed E-state index contributed by atoms with van der Waals surface area (Å²) in [5, 5.41) is 1.42. The highest BCUT2D eigenvalue weighted by Crippen LogP contribution is 2.30. The maximum Gasteiger partial charge on any atom is 0.172 e. The summed E-state index contributed by atoms with van der Waals surface area (Å²) in [5.74, 6) is 0.794. The van der Waals surface area contributed by atoms with Gasteiger partial charge in [-0.2, -0.15) is 0 Å². The summed E-state index contributed by atoms with van der Waals surface area (Å²) >= 11 is 0. The third-order valence-electron chi connectivity index (χ3n) is 3.64. The topological polar surface area (TPSA) is 18.5 Å². The Hall–Kier alpha value is -2.55. The van der Waals surface area contributed by atoms with E-state index in [1.807, 2.05) is 49.4 Å². The van der Waals surface area contributed by atoms with Crippen LogP contribution in [0.2, 0.25) is 0 Å². The van der Waals surface area contributed by atoms with Crippen molar-refractivity contribution in [1.82, 2.24) is 0 Å². The molecule has 0 aromatic heterocycles. The first-order valence-electron chi connectivity index (χ1n) is 7.22. The molecule has 0 amide bonds. The second-order valence-corrected chi connectivity index (χ2v) is 4.98. The Bertz CT molecular complexity index is 794. The van der Waals surface area contributed by atoms with Crippen molar-refractivity contribution < 1.29 is 13.9 Å². The standard InChI is InChI=1S/C19H17FO2/c1-3-22-16-8-4-13(5-9-16)14-6-10-17-15(12-14)7-11-18(21-2)19(17)20/h4-12H,3H2,1-2H3. The Labute approximate surface area is 129 Å². The average Bonchev–Trinajstić information content (AvgIpc) is 2.56. The maximum absolute atomic E-state index is 14.2. The number of ether oxygens (including phenoxy) is 2. The zero-order valence-corrected chi connectivity index (χ0v) is 12.6. The van der Waals surface area contributed by atoms with E-state index in [0.29, 0.717) is 12.0 Å². The minimum Gasteiger partial charge on any atom is -0.494 e. The summed E-state index contributed by atoms with van der Waals surface area (Å²) in [6, 6.07) is 17.1. The first-order valence-corrected chi connectivity index (χ1v) is 7.22. The minimum absolute atomic E-state index is 0.265. The monoisotopic (exact) mass is 296 g/mol. The number of benzene rings is 3. The molecule has 0 saturated carbocycles. The molecule has 0 radical (unpaired) electrons. The third kappa shape index (κ3) is 2.62. The molecule has 0 fully saturated rings. The lowest BCUT2D eigenvalue weighted by atomic mass is 10.0. The van der Waals surface area contributed by atoms with E-state index in [2.05, 4.69) is 0 Å². The van der Waals surface area contributed by atoms with E-state index in [1.54, 1.807) is 12.1 Å². The number of hydrogen-bond acceptors (Lipinski definition) is 2. The predicted molar refractivity (Wildman–Crippen MR) is 87.1 cm³/mol. The molecule has 0 N–H and O–H groups in total. The van der Waals surface area contributed by atoms with Gasteiger partial charge < -0.3 is 9.47 Å². The summed E-state index contributed by atoms with van der Waals surface area (Å²) in [6.07, 6.45) is 0. The van der Waals surface area contributed by atoms with Crippen LogP contribution in [0.4, 0.5) is 4.39 Å². The lowest BCUT2D eigenvalue weighted by molar-refractivity contribution is 0.340. The van der Waals surface area contributed by atoms with Crippen molar-refractivity contribution in [3.05, 3.63) is 60.4 Å². The van der Waals surface area contributed by atoms with Crippen molar-refractivity contribution >= 4 is 10.8 Å². The Balaban J connectivity index is 2.01. The summed E-state index contributed by atoms with van der Waals surface area (Å²) in [7, 11) is 1.47. The molecule has 3 aromatic carbocycles. The Morgan fingerprint density at radius 3 is 2.32 bits per heavy atom. The molecule has 3 heteroatoms. The minimum atomic E-state index is -0.321. The predicted octanol–water partition coefficient (Wildman–Crippen LogP) is 5.05. The number of fused-ring (bicyclic) bond motifs is 1. The largest absolute Gasteiger partial charge is 0.494 e. The first kappa shape index (κ1) is 14.4. The van der Waals surface area contributed by atoms with Crippen LogP contribution in [0.25, 0.3) is 21.9 Å². The van der Waals surface area contributed by atoms with Gasteiger partial charge in [-0.25, -0.2) is 4.39 Å². The lowest BCUT2D eigenvalue weighted by Gasteiger charge is -2.08. The highest BCUT2D eigenvalue weighted by atomic mass is 19.1. The van der Waals surface area contributed by atoms with Crippen molar-refractivity contribution in [3.63, 3.8) is 0 Å². The quantitative estimate of drug-likeness (QED) is 0.670. The average molecular weight is 296 g/mol. The Morgan fingerprint density at radius 1 is 0.909 bits per heavy atom. The van der Waals surface area contributed by atoms with Gasteiger partial charge >= 0.3 is 0 Å². The molecule has 0 saturated heterocycles. The lowest BCUT2D eigenvalue weighted by Crippen LogP contribution is -1.91. The van der Waals surface area contributed by atoms with Gasteiger partial charge in [-0.15, -0.1) is 0 Å². The van der Waals surface area contributed by atoms with Crippen LogP contribution in [0.15, 0.2) is 54.6 Å². The van der Waals surface area contributed by atoms with Crippen LogP contribution in [0, 0.1) is 5.82 Å². The van der Waals surface area contributed by atoms with E-state index in [9.17, 15) is 4.39 Å². The normalized spacial score (nSPS) is 10.7. The third-order valence-corrected chi connectivity index (χ3v) is 3.64. The van der Waals surface area contributed by atoms with Crippen LogP contribution in [-0.4, -0.2) is 13.7 Å². The van der Waals surface area contributed by atoms with Crippen molar-refractivity contribution in [2.24, 2.45) is 0 Å². The Morgan fingerprint density at radius 2 is 1.64 bits per heavy atom. The van der Waals surface area contributed by atoms with Crippen molar-refractivity contribution in [2.45, 2.75) is 6.92 Å². The Kier molecular flexibility index (Phi) is 3.96. The van der Waals surface area contributed by atoms with E-state index in [4.69, 9.17) is 9.47 Å². The van der Waals surface area contributed by atoms with Gasteiger partial charge in [0.25, 0.3) is 0 Å². The van der Waals surface area contributed by atoms with Crippen LogP contribution in [0.1, 0.15) is 6.92 Å². The van der Waals surface area contributed by atoms with E-state index in [-0.39, 0.29) is 11.6 Å². The maximum atomic E-state index is 14.2. The molecule has 0 spiro atoms. The molecular weight excluding hydrogens is 279 g/mol. The molecule has 0 aliphatic heterocycles. The number of hydrogen-bond donors (Lipinski definition) is 0. The van der Waals surface area contributed by atoms with E-state index >= 15 is 0 Å². The van der Waals surface area contributed by atoms with Gasteiger partial charge in [-0.05, 0) is 47.7 Å². The molecule has 0 aliphatic carbocycles. The number of halogens is 1. The molecule has 3 rings (SSSR count). The van der Waals surface area contributed by atoms with Gasteiger partial charge in [0, 0.05) is 5.39 Å². The summed E-state index contributed by atoms with van der Waals surface area (Å²) in [5.41, 5.74) is 2.11. The fourth-order valence-corrected chi connectivity index (χ4v) is 2.52. The van der Waals surface area contributed by atoms with E-state index in [1.165, 1.54) is 7.11 Å². The smallest absolute Gasteiger partial charge is 0.172 e. The molecule has 0 heterocycles. The van der Waals surface area contributed by atoms with E-state index < -0.39 is 0 Å². The van der Waals surface area contributed by atoms with Crippen LogP contribution < -0.4 is 9.47 Å². The van der Waals surface area contributed by atoms with Crippen molar-refractivity contribution in [1.29, 1.82) is 0 Å². The van der Waals surface area contributed by atoms with E-state index in [0.717, 1.165) is 22.3 Å². The summed E-state index contributed by atoms with van der Waals surface area (Å²) in [4.78, 5) is 0. The van der Waals surface area contributed by atoms with Crippen LogP contribution in [0.5, 0.6) is 11.5 Å². The van der Waals surface area contributed by atoms with Crippen LogP contribution in [-0.2, 0) is 0 Å². The van der Waals surface area contributed by atoms with Gasteiger partial charge in [-0.1, -0.05) is 30.3 Å². The highest BCUT2D eigenvalue weighted by Gasteiger charge is 2.08. The molecule has 2 nitrogen and oxygen atoms in total. The van der Waals surface area contributed by atoms with Gasteiger partial charge in [0.05, 0.1) is 13.7 Å². The SMILES string of the molecule is CCOc1ccc(-c2ccc3c(F)c(OC)ccc3c2)cc1. The fraction of sp³-hybridized carbons (Fsp3) is 0.158. The van der Waals surface area contributed by atoms with Crippen LogP contribution >= 0.6 is 0 Å². The second kappa shape index (κ2) is 6.06. The molecule has 0 atom stereocenters. The zero-order chi connectivity index (χ0) is 15.5. The molecule has 0 aliphatic rings. The zero-order valence-electron chi connectivity index (χ0n) is 12.6. The molecule has 22 heavy (non-hydrogen) atoms. The fourth-order valence-electron chi connectivity index (χ4n) is 2.52. The van der Waals surface area contributed by atoms with Crippen LogP contribution in [0.3, 0.4) is 0 Å². The molecule has 112 valence electrons.